The summed E-state index contributed by atoms with van der Waals surface area (Å²) in [6, 6.07) is 14.1. The number of ether oxygens (including phenoxy) is 3. The van der Waals surface area contributed by atoms with Crippen molar-refractivity contribution in [2.45, 2.75) is 18.4 Å². The van der Waals surface area contributed by atoms with Crippen molar-refractivity contribution >= 4 is 33.1 Å². The number of hydrogen-bond donors (Lipinski definition) is 2. The lowest BCUT2D eigenvalue weighted by Crippen LogP contribution is -2.15. The second-order valence-corrected chi connectivity index (χ2v) is 9.83. The molecule has 0 aliphatic rings. The third-order valence-electron chi connectivity index (χ3n) is 5.30. The molecular formula is C25H23N5O9S. The van der Waals surface area contributed by atoms with Gasteiger partial charge in [-0.15, -0.1) is 0 Å². The minimum absolute atomic E-state index is 0.0398. The van der Waals surface area contributed by atoms with Crippen molar-refractivity contribution in [3.05, 3.63) is 87.9 Å². The fourth-order valence-corrected chi connectivity index (χ4v) is 4.37. The molecule has 14 nitrogen and oxygen atoms in total. The molecule has 15 heteroatoms. The Kier molecular flexibility index (Phi) is 8.14. The summed E-state index contributed by atoms with van der Waals surface area (Å²) >= 11 is 0. The number of furan rings is 1. The number of aromatic nitrogens is 2. The zero-order valence-electron chi connectivity index (χ0n) is 21.4. The number of nitrogens with one attached hydrogen (secondary N) is 2. The molecule has 0 radical (unpaired) electrons. The van der Waals surface area contributed by atoms with Crippen molar-refractivity contribution in [3.63, 3.8) is 0 Å². The van der Waals surface area contributed by atoms with E-state index in [2.05, 4.69) is 20.0 Å². The number of methoxy groups -OCH3 is 2. The molecule has 40 heavy (non-hydrogen) atoms. The Morgan fingerprint density at radius 1 is 1.02 bits per heavy atom. The number of carbonyl (C=O) groups is 1. The van der Waals surface area contributed by atoms with Crippen LogP contribution in [-0.2, 0) is 16.6 Å². The molecule has 2 aromatic carbocycles. The number of rotatable bonds is 11. The second-order valence-electron chi connectivity index (χ2n) is 8.15. The van der Waals surface area contributed by atoms with E-state index in [9.17, 15) is 23.3 Å². The van der Waals surface area contributed by atoms with Crippen molar-refractivity contribution in [1.29, 1.82) is 0 Å². The van der Waals surface area contributed by atoms with E-state index >= 15 is 0 Å². The Morgan fingerprint density at radius 3 is 2.45 bits per heavy atom. The number of hydrogen-bond acceptors (Lipinski definition) is 11. The minimum atomic E-state index is -4.04. The van der Waals surface area contributed by atoms with Gasteiger partial charge in [0.05, 0.1) is 24.0 Å². The molecule has 2 N–H and O–H groups in total. The smallest absolute Gasteiger partial charge is 0.321 e. The summed E-state index contributed by atoms with van der Waals surface area (Å²) in [6.45, 7) is 1.59. The van der Waals surface area contributed by atoms with Crippen LogP contribution in [0.1, 0.15) is 21.9 Å². The highest BCUT2D eigenvalue weighted by molar-refractivity contribution is 7.92. The molecule has 2 heterocycles. The average Bonchev–Trinajstić information content (AvgIpc) is 3.41. The normalized spacial score (nSPS) is 11.0. The van der Waals surface area contributed by atoms with Gasteiger partial charge >= 0.3 is 11.7 Å². The quantitative estimate of drug-likeness (QED) is 0.197. The summed E-state index contributed by atoms with van der Waals surface area (Å²) in [6.07, 6.45) is 0. The number of benzene rings is 2. The molecule has 0 saturated heterocycles. The topological polar surface area (TPSA) is 185 Å². The summed E-state index contributed by atoms with van der Waals surface area (Å²) in [5, 5.41) is 13.9. The lowest BCUT2D eigenvalue weighted by atomic mass is 10.2. The molecule has 0 saturated carbocycles. The van der Waals surface area contributed by atoms with Crippen LogP contribution < -0.4 is 24.2 Å². The largest absolute Gasteiger partial charge is 0.481 e. The minimum Gasteiger partial charge on any atom is -0.481 e. The Morgan fingerprint density at radius 2 is 1.77 bits per heavy atom. The van der Waals surface area contributed by atoms with Gasteiger partial charge < -0.3 is 23.9 Å². The highest BCUT2D eigenvalue weighted by Crippen LogP contribution is 2.29. The fraction of sp³-hybridized carbons (Fsp3) is 0.160. The van der Waals surface area contributed by atoms with E-state index in [1.807, 2.05) is 0 Å². The maximum Gasteiger partial charge on any atom is 0.321 e. The Balaban J connectivity index is 1.39. The molecular weight excluding hydrogens is 546 g/mol. The van der Waals surface area contributed by atoms with E-state index in [0.29, 0.717) is 11.3 Å². The van der Waals surface area contributed by atoms with Gasteiger partial charge in [0.2, 0.25) is 5.88 Å². The molecule has 0 unspecified atom stereocenters. The summed E-state index contributed by atoms with van der Waals surface area (Å²) in [4.78, 5) is 31.1. The van der Waals surface area contributed by atoms with Crippen LogP contribution >= 0.6 is 0 Å². The van der Waals surface area contributed by atoms with Crippen molar-refractivity contribution in [3.8, 4) is 17.6 Å². The number of aryl methyl sites for hydroxylation is 1. The van der Waals surface area contributed by atoms with Crippen LogP contribution in [0.3, 0.4) is 0 Å². The lowest BCUT2D eigenvalue weighted by Gasteiger charge is -2.10. The number of sulfonamides is 1. The highest BCUT2D eigenvalue weighted by Gasteiger charge is 2.19. The van der Waals surface area contributed by atoms with Crippen molar-refractivity contribution < 1.29 is 36.8 Å². The molecule has 0 atom stereocenters. The molecule has 0 fully saturated rings. The van der Waals surface area contributed by atoms with Gasteiger partial charge in [-0.1, -0.05) is 6.07 Å². The molecule has 208 valence electrons. The van der Waals surface area contributed by atoms with Crippen molar-refractivity contribution in [2.75, 3.05) is 24.3 Å². The van der Waals surface area contributed by atoms with Crippen LogP contribution in [-0.4, -0.2) is 43.4 Å². The van der Waals surface area contributed by atoms with Gasteiger partial charge in [0.15, 0.2) is 17.3 Å². The third-order valence-corrected chi connectivity index (χ3v) is 6.67. The van der Waals surface area contributed by atoms with Crippen molar-refractivity contribution in [2.24, 2.45) is 0 Å². The third kappa shape index (κ3) is 6.63. The molecule has 0 bridgehead atoms. The number of nitrogens with zero attached hydrogens (tertiary/aromatic N) is 3. The molecule has 1 amide bonds. The van der Waals surface area contributed by atoms with Crippen LogP contribution in [0.5, 0.6) is 17.6 Å². The lowest BCUT2D eigenvalue weighted by molar-refractivity contribution is -0.386. The van der Waals surface area contributed by atoms with Gasteiger partial charge in [-0.05, 0) is 55.0 Å². The first-order valence-electron chi connectivity index (χ1n) is 11.5. The predicted molar refractivity (Wildman–Crippen MR) is 141 cm³/mol. The van der Waals surface area contributed by atoms with E-state index in [4.69, 9.17) is 18.6 Å². The summed E-state index contributed by atoms with van der Waals surface area (Å²) in [5.74, 6) is -0.253. The van der Waals surface area contributed by atoms with Crippen LogP contribution in [0, 0.1) is 17.0 Å². The monoisotopic (exact) mass is 569 g/mol. The van der Waals surface area contributed by atoms with Gasteiger partial charge in [-0.25, -0.2) is 8.42 Å². The number of nitro groups is 1. The zero-order chi connectivity index (χ0) is 28.9. The Bertz CT molecular complexity index is 1630. The molecule has 0 spiro atoms. The molecule has 0 aliphatic carbocycles. The second kappa shape index (κ2) is 11.7. The van der Waals surface area contributed by atoms with Gasteiger partial charge in [0.25, 0.3) is 15.9 Å². The standard InChI is InChI=1S/C25H23N5O9S/c1-15-4-10-20(19(12-15)30(32)33)38-14-17-7-11-21(39-17)24(31)26-16-5-8-18(9-6-16)40(34,35)29-22-13-23(36-2)28-25(27-22)37-3/h4-13H,14H2,1-3H3,(H,26,31)(H,27,28,29). The zero-order valence-corrected chi connectivity index (χ0v) is 22.2. The molecule has 4 aromatic rings. The van der Waals surface area contributed by atoms with Gasteiger partial charge in [-0.2, -0.15) is 9.97 Å². The van der Waals surface area contributed by atoms with Crippen molar-refractivity contribution in [1.82, 2.24) is 9.97 Å². The Labute approximate surface area is 228 Å². The average molecular weight is 570 g/mol. The molecule has 2 aromatic heterocycles. The van der Waals surface area contributed by atoms with Gasteiger partial charge in [-0.3, -0.25) is 19.6 Å². The number of nitro benzene ring substituents is 1. The van der Waals surface area contributed by atoms with Gasteiger partial charge in [0.1, 0.15) is 12.4 Å². The fourth-order valence-electron chi connectivity index (χ4n) is 3.38. The van der Waals surface area contributed by atoms with E-state index in [1.54, 1.807) is 13.0 Å². The number of anilines is 2. The molecule has 0 aliphatic heterocycles. The summed E-state index contributed by atoms with van der Waals surface area (Å²) in [7, 11) is -1.34. The first-order chi connectivity index (χ1) is 19.1. The van der Waals surface area contributed by atoms with Gasteiger partial charge in [0, 0.05) is 17.8 Å². The van der Waals surface area contributed by atoms with Crippen LogP contribution in [0.4, 0.5) is 17.2 Å². The van der Waals surface area contributed by atoms with E-state index < -0.39 is 20.9 Å². The highest BCUT2D eigenvalue weighted by atomic mass is 32.2. The SMILES string of the molecule is COc1cc(NS(=O)(=O)c2ccc(NC(=O)c3ccc(COc4ccc(C)cc4[N+](=O)[O-])o3)cc2)nc(OC)n1. The maximum atomic E-state index is 12.8. The summed E-state index contributed by atoms with van der Waals surface area (Å²) in [5.41, 5.74) is 0.838. The summed E-state index contributed by atoms with van der Waals surface area (Å²) < 4.78 is 48.9. The van der Waals surface area contributed by atoms with E-state index in [0.717, 1.165) is 0 Å². The maximum absolute atomic E-state index is 12.8. The molecule has 4 rings (SSSR count). The van der Waals surface area contributed by atoms with Crippen LogP contribution in [0.25, 0.3) is 0 Å². The first kappa shape index (κ1) is 27.8. The number of carbonyl (C=O) groups excluding carboxylic acids is 1. The van der Waals surface area contributed by atoms with Crippen LogP contribution in [0.2, 0.25) is 0 Å². The van der Waals surface area contributed by atoms with E-state index in [1.165, 1.54) is 68.8 Å². The predicted octanol–water partition coefficient (Wildman–Crippen LogP) is 3.94. The number of amides is 1. The van der Waals surface area contributed by atoms with E-state index in [-0.39, 0.29) is 52.2 Å². The van der Waals surface area contributed by atoms with Crippen LogP contribution in [0.15, 0.2) is 70.0 Å². The first-order valence-corrected chi connectivity index (χ1v) is 12.9. The Hall–Kier alpha value is -5.18.